The molecule has 0 aliphatic carbocycles. The molecular formula is C33H43N5O. The Morgan fingerprint density at radius 3 is 2.00 bits per heavy atom. The van der Waals surface area contributed by atoms with E-state index in [2.05, 4.69) is 101 Å². The second kappa shape index (κ2) is 12.2. The third-order valence-electron chi connectivity index (χ3n) is 8.40. The predicted octanol–water partition coefficient (Wildman–Crippen LogP) is 4.62. The standard InChI is InChI=1S/C33H43N5O/c1-25-9-5-7-11-31(25)36-15-13-35(14-16-36)24-29-22-30(27(3)21-26(29)2)33(39)38-19-17-37(18-20-38)32-12-8-6-10-28(32)23-34-4/h5-12,21-22,34H,13-20,23-24H2,1-4H3. The topological polar surface area (TPSA) is 42.1 Å². The van der Waals surface area contributed by atoms with Crippen LogP contribution in [0.2, 0.25) is 0 Å². The molecule has 206 valence electrons. The van der Waals surface area contributed by atoms with Crippen LogP contribution < -0.4 is 15.1 Å². The van der Waals surface area contributed by atoms with Crippen molar-refractivity contribution in [2.45, 2.75) is 33.9 Å². The van der Waals surface area contributed by atoms with Crippen LogP contribution in [0.3, 0.4) is 0 Å². The van der Waals surface area contributed by atoms with E-state index >= 15 is 0 Å². The molecule has 0 spiro atoms. The van der Waals surface area contributed by atoms with Gasteiger partial charge in [0.25, 0.3) is 5.91 Å². The third-order valence-corrected chi connectivity index (χ3v) is 8.40. The number of hydrogen-bond donors (Lipinski definition) is 1. The van der Waals surface area contributed by atoms with Gasteiger partial charge in [-0.05, 0) is 73.8 Å². The summed E-state index contributed by atoms with van der Waals surface area (Å²) in [5, 5.41) is 3.27. The zero-order valence-corrected chi connectivity index (χ0v) is 24.0. The number of rotatable bonds is 7. The summed E-state index contributed by atoms with van der Waals surface area (Å²) in [5.41, 5.74) is 9.75. The number of nitrogens with one attached hydrogen (secondary N) is 1. The number of nitrogens with zero attached hydrogens (tertiary/aromatic N) is 4. The van der Waals surface area contributed by atoms with E-state index in [1.807, 2.05) is 11.9 Å². The quantitative estimate of drug-likeness (QED) is 0.488. The van der Waals surface area contributed by atoms with Crippen LogP contribution in [-0.4, -0.2) is 75.1 Å². The maximum atomic E-state index is 13.7. The largest absolute Gasteiger partial charge is 0.369 e. The van der Waals surface area contributed by atoms with E-state index in [1.54, 1.807) is 0 Å². The Morgan fingerprint density at radius 2 is 1.31 bits per heavy atom. The highest BCUT2D eigenvalue weighted by Crippen LogP contribution is 2.25. The van der Waals surface area contributed by atoms with E-state index in [1.165, 1.54) is 33.6 Å². The third kappa shape index (κ3) is 6.13. The van der Waals surface area contributed by atoms with Crippen LogP contribution in [0, 0.1) is 20.8 Å². The van der Waals surface area contributed by atoms with Crippen molar-refractivity contribution in [1.82, 2.24) is 15.1 Å². The Morgan fingerprint density at radius 1 is 0.692 bits per heavy atom. The minimum Gasteiger partial charge on any atom is -0.369 e. The summed E-state index contributed by atoms with van der Waals surface area (Å²) >= 11 is 0. The lowest BCUT2D eigenvalue weighted by Gasteiger charge is -2.38. The fourth-order valence-electron chi connectivity index (χ4n) is 6.08. The summed E-state index contributed by atoms with van der Waals surface area (Å²) < 4.78 is 0. The molecule has 0 saturated carbocycles. The van der Waals surface area contributed by atoms with Gasteiger partial charge in [-0.2, -0.15) is 0 Å². The number of hydrogen-bond acceptors (Lipinski definition) is 5. The Hall–Kier alpha value is -3.35. The molecule has 39 heavy (non-hydrogen) atoms. The van der Waals surface area contributed by atoms with E-state index in [-0.39, 0.29) is 5.91 Å². The first-order valence-electron chi connectivity index (χ1n) is 14.3. The highest BCUT2D eigenvalue weighted by atomic mass is 16.2. The van der Waals surface area contributed by atoms with Gasteiger partial charge in [0, 0.05) is 82.4 Å². The lowest BCUT2D eigenvalue weighted by molar-refractivity contribution is 0.0745. The van der Waals surface area contributed by atoms with Gasteiger partial charge in [0.15, 0.2) is 0 Å². The van der Waals surface area contributed by atoms with E-state index in [0.717, 1.165) is 76.6 Å². The summed E-state index contributed by atoms with van der Waals surface area (Å²) in [6, 6.07) is 21.6. The van der Waals surface area contributed by atoms with Crippen LogP contribution in [0.15, 0.2) is 60.7 Å². The fourth-order valence-corrected chi connectivity index (χ4v) is 6.08. The van der Waals surface area contributed by atoms with Crippen molar-refractivity contribution in [3.63, 3.8) is 0 Å². The van der Waals surface area contributed by atoms with E-state index in [4.69, 9.17) is 0 Å². The zero-order valence-electron chi connectivity index (χ0n) is 24.0. The molecular weight excluding hydrogens is 482 g/mol. The van der Waals surface area contributed by atoms with Crippen LogP contribution >= 0.6 is 0 Å². The molecule has 1 N–H and O–H groups in total. The second-order valence-corrected chi connectivity index (χ2v) is 11.1. The number of aryl methyl sites for hydroxylation is 3. The normalized spacial score (nSPS) is 16.6. The van der Waals surface area contributed by atoms with Crippen molar-refractivity contribution in [3.05, 3.63) is 94.0 Å². The highest BCUT2D eigenvalue weighted by Gasteiger charge is 2.25. The molecule has 0 radical (unpaired) electrons. The summed E-state index contributed by atoms with van der Waals surface area (Å²) in [6.07, 6.45) is 0. The zero-order chi connectivity index (χ0) is 27.4. The Kier molecular flexibility index (Phi) is 8.53. The molecule has 1 amide bonds. The second-order valence-electron chi connectivity index (χ2n) is 11.1. The number of para-hydroxylation sites is 2. The number of benzene rings is 3. The van der Waals surface area contributed by atoms with E-state index < -0.39 is 0 Å². The highest BCUT2D eigenvalue weighted by molar-refractivity contribution is 5.96. The fraction of sp³-hybridized carbons (Fsp3) is 0.424. The molecule has 2 heterocycles. The first-order chi connectivity index (χ1) is 18.9. The average molecular weight is 526 g/mol. The van der Waals surface area contributed by atoms with Gasteiger partial charge in [-0.3, -0.25) is 9.69 Å². The van der Waals surface area contributed by atoms with Crippen LogP contribution in [0.25, 0.3) is 0 Å². The Bertz CT molecular complexity index is 1290. The lowest BCUT2D eigenvalue weighted by atomic mass is 9.98. The number of piperazine rings is 2. The number of amides is 1. The molecule has 3 aromatic carbocycles. The van der Waals surface area contributed by atoms with Gasteiger partial charge in [0.1, 0.15) is 0 Å². The molecule has 0 atom stereocenters. The summed E-state index contributed by atoms with van der Waals surface area (Å²) in [6.45, 7) is 15.5. The molecule has 5 rings (SSSR count). The maximum absolute atomic E-state index is 13.7. The van der Waals surface area contributed by atoms with Gasteiger partial charge >= 0.3 is 0 Å². The molecule has 2 aliphatic heterocycles. The molecule has 6 heteroatoms. The van der Waals surface area contributed by atoms with E-state index in [0.29, 0.717) is 0 Å². The minimum absolute atomic E-state index is 0.168. The number of carbonyl (C=O) groups excluding carboxylic acids is 1. The van der Waals surface area contributed by atoms with Crippen molar-refractivity contribution in [2.75, 3.05) is 69.2 Å². The summed E-state index contributed by atoms with van der Waals surface area (Å²) in [4.78, 5) is 23.2. The Labute approximate surface area is 234 Å². The first kappa shape index (κ1) is 27.2. The molecule has 3 aromatic rings. The van der Waals surface area contributed by atoms with E-state index in [9.17, 15) is 4.79 Å². The SMILES string of the molecule is CNCc1ccccc1N1CCN(C(=O)c2cc(CN3CCN(c4ccccc4C)CC3)c(C)cc2C)CC1. The van der Waals surface area contributed by atoms with Gasteiger partial charge in [-0.1, -0.05) is 42.5 Å². The number of anilines is 2. The van der Waals surface area contributed by atoms with Crippen molar-refractivity contribution in [2.24, 2.45) is 0 Å². The molecule has 2 fully saturated rings. The summed E-state index contributed by atoms with van der Waals surface area (Å²) in [7, 11) is 1.98. The average Bonchev–Trinajstić information content (AvgIpc) is 2.95. The molecule has 2 saturated heterocycles. The van der Waals surface area contributed by atoms with Crippen LogP contribution in [0.5, 0.6) is 0 Å². The predicted molar refractivity (Wildman–Crippen MR) is 162 cm³/mol. The van der Waals surface area contributed by atoms with Gasteiger partial charge in [0.05, 0.1) is 0 Å². The molecule has 2 aliphatic rings. The Balaban J connectivity index is 1.22. The van der Waals surface area contributed by atoms with Crippen LogP contribution in [-0.2, 0) is 13.1 Å². The molecule has 0 aromatic heterocycles. The minimum atomic E-state index is 0.168. The summed E-state index contributed by atoms with van der Waals surface area (Å²) in [5.74, 6) is 0.168. The van der Waals surface area contributed by atoms with Crippen molar-refractivity contribution < 1.29 is 4.79 Å². The monoisotopic (exact) mass is 525 g/mol. The van der Waals surface area contributed by atoms with Gasteiger partial charge < -0.3 is 20.0 Å². The smallest absolute Gasteiger partial charge is 0.254 e. The van der Waals surface area contributed by atoms with Crippen molar-refractivity contribution in [1.29, 1.82) is 0 Å². The first-order valence-corrected chi connectivity index (χ1v) is 14.3. The van der Waals surface area contributed by atoms with Crippen LogP contribution in [0.4, 0.5) is 11.4 Å². The molecule has 6 nitrogen and oxygen atoms in total. The van der Waals surface area contributed by atoms with Gasteiger partial charge in [0.2, 0.25) is 0 Å². The molecule has 0 bridgehead atoms. The lowest BCUT2D eigenvalue weighted by Crippen LogP contribution is -2.49. The van der Waals surface area contributed by atoms with Gasteiger partial charge in [-0.25, -0.2) is 0 Å². The maximum Gasteiger partial charge on any atom is 0.254 e. The number of carbonyl (C=O) groups is 1. The van der Waals surface area contributed by atoms with Gasteiger partial charge in [-0.15, -0.1) is 0 Å². The van der Waals surface area contributed by atoms with Crippen molar-refractivity contribution in [3.8, 4) is 0 Å². The van der Waals surface area contributed by atoms with Crippen LogP contribution in [0.1, 0.15) is 38.2 Å². The molecule has 0 unspecified atom stereocenters. The van der Waals surface area contributed by atoms with Crippen molar-refractivity contribution >= 4 is 17.3 Å².